The first-order valence-corrected chi connectivity index (χ1v) is 16.2. The second kappa shape index (κ2) is 10.0. The molecule has 3 fully saturated rings. The molecule has 7 rings (SSSR count). The van der Waals surface area contributed by atoms with Gasteiger partial charge in [0, 0.05) is 10.8 Å². The number of nitriles is 1. The fourth-order valence-corrected chi connectivity index (χ4v) is 10.3. The van der Waals surface area contributed by atoms with Crippen molar-refractivity contribution in [2.24, 2.45) is 28.6 Å². The van der Waals surface area contributed by atoms with E-state index in [9.17, 15) is 15.0 Å². The number of pyridine rings is 1. The number of Topliss-reactive ketones (excluding diaryl/α,β-unsaturated/α-hetero) is 1. The highest BCUT2D eigenvalue weighted by molar-refractivity contribution is 7.99. The fraction of sp³-hybridized carbons (Fsp3) is 0.529. The second-order valence-electron chi connectivity index (χ2n) is 13.4. The van der Waals surface area contributed by atoms with Gasteiger partial charge in [-0.3, -0.25) is 9.48 Å². The van der Waals surface area contributed by atoms with E-state index in [-0.39, 0.29) is 34.7 Å². The molecule has 8 heteroatoms. The van der Waals surface area contributed by atoms with Crippen molar-refractivity contribution in [1.29, 1.82) is 5.26 Å². The number of carbonyl (C=O) groups is 1. The van der Waals surface area contributed by atoms with Gasteiger partial charge in [-0.05, 0) is 85.5 Å². The Kier molecular flexibility index (Phi) is 6.65. The van der Waals surface area contributed by atoms with Gasteiger partial charge in [0.05, 0.1) is 53.3 Å². The topological polar surface area (TPSA) is 112 Å². The van der Waals surface area contributed by atoms with Gasteiger partial charge < -0.3 is 10.2 Å². The maximum absolute atomic E-state index is 13.8. The Morgan fingerprint density at radius 1 is 1.21 bits per heavy atom. The Labute approximate surface area is 251 Å². The normalized spacial score (nSPS) is 35.0. The first kappa shape index (κ1) is 27.8. The minimum absolute atomic E-state index is 0.0693. The van der Waals surface area contributed by atoms with E-state index in [2.05, 4.69) is 31.1 Å². The fourth-order valence-electron chi connectivity index (χ4n) is 9.42. The van der Waals surface area contributed by atoms with Gasteiger partial charge in [-0.1, -0.05) is 55.4 Å². The van der Waals surface area contributed by atoms with E-state index in [0.717, 1.165) is 47.3 Å². The van der Waals surface area contributed by atoms with Crippen LogP contribution in [0, 0.1) is 39.9 Å². The molecule has 4 aliphatic rings. The minimum atomic E-state index is -1.45. The maximum atomic E-state index is 13.8. The summed E-state index contributed by atoms with van der Waals surface area (Å²) >= 11 is 1.39. The van der Waals surface area contributed by atoms with Crippen LogP contribution in [0.4, 0.5) is 0 Å². The van der Waals surface area contributed by atoms with E-state index < -0.39 is 17.1 Å². The number of fused-ring (bicyclic) bond motifs is 7. The molecule has 4 aliphatic carbocycles. The quantitative estimate of drug-likeness (QED) is 0.365. The number of aliphatic hydroxyl groups is 2. The highest BCUT2D eigenvalue weighted by Crippen LogP contribution is 2.67. The number of aryl methyl sites for hydroxylation is 1. The number of allylic oxidation sites excluding steroid dienone is 1. The number of thioether (sulfide) groups is 1. The third-order valence-electron chi connectivity index (χ3n) is 11.5. The molecule has 0 aliphatic heterocycles. The first-order chi connectivity index (χ1) is 20.2. The number of para-hydroxylation sites is 1. The van der Waals surface area contributed by atoms with E-state index in [0.29, 0.717) is 25.8 Å². The van der Waals surface area contributed by atoms with Gasteiger partial charge in [0.15, 0.2) is 5.78 Å². The zero-order valence-electron chi connectivity index (χ0n) is 24.3. The zero-order chi connectivity index (χ0) is 29.3. The van der Waals surface area contributed by atoms with Crippen LogP contribution >= 0.6 is 11.8 Å². The van der Waals surface area contributed by atoms with Crippen LogP contribution in [0.15, 0.2) is 53.2 Å². The summed E-state index contributed by atoms with van der Waals surface area (Å²) in [5, 5.41) is 39.5. The molecule has 2 heterocycles. The van der Waals surface area contributed by atoms with Crippen molar-refractivity contribution in [3.05, 3.63) is 59.4 Å². The summed E-state index contributed by atoms with van der Waals surface area (Å²) in [6.45, 7) is 4.95. The molecular formula is C34H38N4O3S. The standard InChI is InChI=1S/C34H38N4O3S/c1-32-17-22-19-36-38(15-5-14-35)27(22)16-23(32)9-10-24-25-12-13-34(41,33(25,2)18-28(39)31(24)32)29(40)20-42-30-11-8-21-6-3-4-7-26(21)37-30/h3-4,6-8,11,16,19,24-25,28,31,39,41H,5,9-10,12-13,15,17-18,20H2,1-2H3. The lowest BCUT2D eigenvalue weighted by Gasteiger charge is -2.60. The number of aromatic nitrogens is 3. The van der Waals surface area contributed by atoms with Crippen LogP contribution in [0.1, 0.15) is 63.6 Å². The van der Waals surface area contributed by atoms with Crippen LogP contribution in [0.2, 0.25) is 0 Å². The molecule has 0 saturated heterocycles. The van der Waals surface area contributed by atoms with Crippen LogP contribution in [-0.2, 0) is 17.8 Å². The molecule has 42 heavy (non-hydrogen) atoms. The van der Waals surface area contributed by atoms with E-state index in [1.165, 1.54) is 22.9 Å². The molecule has 2 aromatic heterocycles. The van der Waals surface area contributed by atoms with Crippen molar-refractivity contribution in [2.75, 3.05) is 5.75 Å². The molecule has 1 aromatic carbocycles. The Bertz CT molecular complexity index is 1640. The van der Waals surface area contributed by atoms with Gasteiger partial charge in [-0.15, -0.1) is 0 Å². The van der Waals surface area contributed by atoms with Gasteiger partial charge in [0.1, 0.15) is 5.60 Å². The Balaban J connectivity index is 1.12. The Morgan fingerprint density at radius 3 is 2.88 bits per heavy atom. The van der Waals surface area contributed by atoms with Crippen molar-refractivity contribution in [3.8, 4) is 6.07 Å². The number of benzene rings is 1. The third kappa shape index (κ3) is 4.04. The van der Waals surface area contributed by atoms with E-state index in [4.69, 9.17) is 10.2 Å². The molecule has 0 bridgehead atoms. The van der Waals surface area contributed by atoms with Crippen LogP contribution in [0.25, 0.3) is 17.0 Å². The first-order valence-electron chi connectivity index (χ1n) is 15.2. The van der Waals surface area contributed by atoms with Gasteiger partial charge in [-0.2, -0.15) is 10.4 Å². The molecule has 0 amide bonds. The lowest BCUT2D eigenvalue weighted by molar-refractivity contribution is -0.177. The second-order valence-corrected chi connectivity index (χ2v) is 14.4. The van der Waals surface area contributed by atoms with Crippen molar-refractivity contribution in [3.63, 3.8) is 0 Å². The largest absolute Gasteiger partial charge is 0.393 e. The van der Waals surface area contributed by atoms with E-state index >= 15 is 0 Å². The lowest BCUT2D eigenvalue weighted by atomic mass is 9.45. The van der Waals surface area contributed by atoms with Crippen molar-refractivity contribution < 1.29 is 15.0 Å². The van der Waals surface area contributed by atoms with E-state index in [1.54, 1.807) is 0 Å². The predicted molar refractivity (Wildman–Crippen MR) is 162 cm³/mol. The molecular weight excluding hydrogens is 544 g/mol. The summed E-state index contributed by atoms with van der Waals surface area (Å²) in [6, 6.07) is 14.1. The molecule has 7 unspecified atom stereocenters. The molecule has 3 saturated carbocycles. The summed E-state index contributed by atoms with van der Waals surface area (Å²) in [7, 11) is 0. The highest BCUT2D eigenvalue weighted by Gasteiger charge is 2.68. The lowest BCUT2D eigenvalue weighted by Crippen LogP contribution is -2.62. The smallest absolute Gasteiger partial charge is 0.175 e. The number of ketones is 1. The molecule has 3 aromatic rings. The number of hydrogen-bond acceptors (Lipinski definition) is 7. The summed E-state index contributed by atoms with van der Waals surface area (Å²) in [5.74, 6) is 0.513. The predicted octanol–water partition coefficient (Wildman–Crippen LogP) is 5.59. The average molecular weight is 583 g/mol. The molecule has 7 nitrogen and oxygen atoms in total. The molecule has 218 valence electrons. The number of nitrogens with zero attached hydrogens (tertiary/aromatic N) is 4. The Morgan fingerprint density at radius 2 is 2.05 bits per heavy atom. The minimum Gasteiger partial charge on any atom is -0.393 e. The van der Waals surface area contributed by atoms with Crippen LogP contribution in [0.3, 0.4) is 0 Å². The molecule has 0 spiro atoms. The van der Waals surface area contributed by atoms with Gasteiger partial charge >= 0.3 is 0 Å². The van der Waals surface area contributed by atoms with Crippen molar-refractivity contribution >= 4 is 34.5 Å². The van der Waals surface area contributed by atoms with Gasteiger partial charge in [0.2, 0.25) is 0 Å². The maximum Gasteiger partial charge on any atom is 0.175 e. The zero-order valence-corrected chi connectivity index (χ0v) is 25.1. The van der Waals surface area contributed by atoms with Crippen LogP contribution in [0.5, 0.6) is 0 Å². The summed E-state index contributed by atoms with van der Waals surface area (Å²) in [5.41, 5.74) is 2.23. The number of aliphatic hydroxyl groups excluding tert-OH is 1. The highest BCUT2D eigenvalue weighted by atomic mass is 32.2. The summed E-state index contributed by atoms with van der Waals surface area (Å²) in [4.78, 5) is 18.5. The summed E-state index contributed by atoms with van der Waals surface area (Å²) in [6.07, 6.45) is 8.42. The summed E-state index contributed by atoms with van der Waals surface area (Å²) < 4.78 is 1.94. The number of hydrogen-bond donors (Lipinski definition) is 2. The van der Waals surface area contributed by atoms with Gasteiger partial charge in [0.25, 0.3) is 0 Å². The SMILES string of the molecule is CC12Cc3cnn(CCC#N)c3C=C1CCC1C2C(O)CC2(C)C1CCC2(O)C(=O)CSc1ccc2ccccc2n1. The third-order valence-corrected chi connectivity index (χ3v) is 12.4. The van der Waals surface area contributed by atoms with Crippen molar-refractivity contribution in [1.82, 2.24) is 14.8 Å². The van der Waals surface area contributed by atoms with Crippen molar-refractivity contribution in [2.45, 2.75) is 82.1 Å². The van der Waals surface area contributed by atoms with Crippen LogP contribution < -0.4 is 0 Å². The molecule has 7 atom stereocenters. The Hall–Kier alpha value is -2.99. The van der Waals surface area contributed by atoms with Gasteiger partial charge in [-0.25, -0.2) is 4.98 Å². The molecule has 2 N–H and O–H groups in total. The average Bonchev–Trinajstić information content (AvgIpc) is 3.49. The monoisotopic (exact) mass is 582 g/mol. The molecule has 0 radical (unpaired) electrons. The number of rotatable bonds is 6. The number of carbonyl (C=O) groups excluding carboxylic acids is 1. The van der Waals surface area contributed by atoms with Crippen LogP contribution in [-0.4, -0.2) is 48.2 Å². The van der Waals surface area contributed by atoms with E-state index in [1.807, 2.05) is 47.3 Å².